The Morgan fingerprint density at radius 1 is 0.784 bits per heavy atom. The Morgan fingerprint density at radius 2 is 1.51 bits per heavy atom. The van der Waals surface area contributed by atoms with E-state index in [4.69, 9.17) is 10.5 Å². The van der Waals surface area contributed by atoms with Crippen molar-refractivity contribution in [2.24, 2.45) is 5.73 Å². The molecule has 4 aromatic carbocycles. The Morgan fingerprint density at radius 3 is 2.24 bits per heavy atom. The predicted molar refractivity (Wildman–Crippen MR) is 281 cm³/mol. The number of H-pyrrole nitrogens is 1. The molecule has 74 heavy (non-hydrogen) atoms. The zero-order chi connectivity index (χ0) is 52.3. The molecule has 20 heteroatoms. The van der Waals surface area contributed by atoms with Crippen molar-refractivity contribution in [2.45, 2.75) is 63.8 Å². The number of fused-ring (bicyclic) bond motifs is 4. The highest BCUT2D eigenvalue weighted by atomic mass is 16.6. The van der Waals surface area contributed by atoms with E-state index in [1.165, 1.54) is 17.1 Å². The molecule has 0 unspecified atom stereocenters. The molecule has 0 spiro atoms. The van der Waals surface area contributed by atoms with Crippen LogP contribution in [-0.4, -0.2) is 139 Å². The standard InChI is InChI=1S/C54H63N11O9/c1-3-34-33-65(44-32-45(39-10-6-7-11-40(39)49(34)44)74-54(73)63-28-26-62(2)27-29-63)52(71)43-31-36-30-38(18-19-41(36)61-43)60-50(69)35-14-16-37(17-15-35)59-51(70)42(12-9-22-58-53(55)72)56-23-24-57-46(66)13-5-4-8-25-64-47(67)20-21-48(64)68/h6-7,10-11,14-21,30-32,34,42,56,61H,3-5,8-9,12-13,22-29,33H2,1-2H3,(H,57,66)(H,59,70)(H,60,69)(H3,55,58,72)/t34-,42+/m1/s1. The fourth-order valence-corrected chi connectivity index (χ4v) is 9.54. The summed E-state index contributed by atoms with van der Waals surface area (Å²) in [6.45, 7) is 6.33. The van der Waals surface area contributed by atoms with Gasteiger partial charge in [0.1, 0.15) is 11.4 Å². The van der Waals surface area contributed by atoms with Gasteiger partial charge in [-0.2, -0.15) is 0 Å². The Balaban J connectivity index is 0.852. The second-order valence-corrected chi connectivity index (χ2v) is 18.8. The number of anilines is 3. The number of urea groups is 1. The number of benzene rings is 4. The van der Waals surface area contributed by atoms with E-state index in [0.717, 1.165) is 35.8 Å². The Kier molecular flexibility index (Phi) is 17.0. The Bertz CT molecular complexity index is 2950. The molecule has 3 aliphatic rings. The molecule has 0 aliphatic carbocycles. The summed E-state index contributed by atoms with van der Waals surface area (Å²) < 4.78 is 6.08. The molecule has 3 aliphatic heterocycles. The van der Waals surface area contributed by atoms with E-state index in [0.29, 0.717) is 103 Å². The van der Waals surface area contributed by atoms with E-state index in [1.54, 1.807) is 58.3 Å². The first-order chi connectivity index (χ1) is 35.8. The quantitative estimate of drug-likeness (QED) is 0.0361. The molecule has 1 aromatic heterocycles. The highest BCUT2D eigenvalue weighted by Crippen LogP contribution is 2.47. The lowest BCUT2D eigenvalue weighted by Crippen LogP contribution is -2.48. The first-order valence-corrected chi connectivity index (χ1v) is 25.2. The van der Waals surface area contributed by atoms with Gasteiger partial charge in [0.05, 0.1) is 11.7 Å². The number of nitrogens with two attached hydrogens (primary N) is 1. The number of ether oxygens (including phenoxy) is 1. The minimum Gasteiger partial charge on any atom is -0.409 e. The highest BCUT2D eigenvalue weighted by Gasteiger charge is 2.36. The molecule has 388 valence electrons. The molecule has 1 saturated heterocycles. The van der Waals surface area contributed by atoms with Crippen LogP contribution in [0.15, 0.2) is 91.0 Å². The monoisotopic (exact) mass is 1010 g/mol. The minimum atomic E-state index is -0.689. The van der Waals surface area contributed by atoms with E-state index in [-0.39, 0.29) is 67.4 Å². The number of likely N-dealkylation sites (N-methyl/N-ethyl adjacent to an activating group) is 1. The van der Waals surface area contributed by atoms with Gasteiger partial charge in [-0.05, 0) is 98.6 Å². The van der Waals surface area contributed by atoms with Gasteiger partial charge in [0.15, 0.2) is 0 Å². The van der Waals surface area contributed by atoms with Crippen LogP contribution in [0.4, 0.5) is 26.7 Å². The largest absolute Gasteiger partial charge is 0.415 e. The molecule has 8 N–H and O–H groups in total. The van der Waals surface area contributed by atoms with Gasteiger partial charge in [-0.15, -0.1) is 0 Å². The second-order valence-electron chi connectivity index (χ2n) is 18.8. The number of piperazine rings is 1. The predicted octanol–water partition coefficient (Wildman–Crippen LogP) is 5.42. The summed E-state index contributed by atoms with van der Waals surface area (Å²) in [5.74, 6) is -1.31. The fourth-order valence-electron chi connectivity index (χ4n) is 9.54. The van der Waals surface area contributed by atoms with E-state index < -0.39 is 18.2 Å². The SMILES string of the molecule is CC[C@@H]1CN(C(=O)c2cc3cc(NC(=O)c4ccc(NC(=O)[C@H](CCCNC(N)=O)NCCNC(=O)CCCCCN5C(=O)C=CC5=O)cc4)ccc3[nH]2)c2cc(OC(=O)N3CCN(C)CC3)c3ccccc3c21. The van der Waals surface area contributed by atoms with Gasteiger partial charge in [-0.3, -0.25) is 33.7 Å². The highest BCUT2D eigenvalue weighted by molar-refractivity contribution is 6.13. The first-order valence-electron chi connectivity index (χ1n) is 25.2. The van der Waals surface area contributed by atoms with Crippen LogP contribution in [0.3, 0.4) is 0 Å². The summed E-state index contributed by atoms with van der Waals surface area (Å²) in [6.07, 6.45) is 5.80. The number of unbranched alkanes of at least 4 members (excludes halogenated alkanes) is 2. The van der Waals surface area contributed by atoms with Crippen molar-refractivity contribution in [3.63, 3.8) is 0 Å². The first kappa shape index (κ1) is 52.2. The molecule has 4 heterocycles. The number of carbonyl (C=O) groups excluding carboxylic acids is 8. The second kappa shape index (κ2) is 24.1. The molecule has 9 amide bonds. The molecule has 20 nitrogen and oxygen atoms in total. The summed E-state index contributed by atoms with van der Waals surface area (Å²) >= 11 is 0. The molecule has 2 atom stereocenters. The zero-order valence-electron chi connectivity index (χ0n) is 41.7. The topological polar surface area (TPSA) is 261 Å². The van der Waals surface area contributed by atoms with E-state index in [1.807, 2.05) is 37.4 Å². The number of aromatic amines is 1. The van der Waals surface area contributed by atoms with E-state index >= 15 is 0 Å². The van der Waals surface area contributed by atoms with Gasteiger partial charge in [0.25, 0.3) is 23.6 Å². The smallest absolute Gasteiger partial charge is 0.409 e. The van der Waals surface area contributed by atoms with E-state index in [9.17, 15) is 38.4 Å². The average molecular weight is 1010 g/mol. The summed E-state index contributed by atoms with van der Waals surface area (Å²) in [7, 11) is 2.02. The van der Waals surface area contributed by atoms with Crippen LogP contribution in [0.5, 0.6) is 5.75 Å². The lowest BCUT2D eigenvalue weighted by Gasteiger charge is -2.31. The third kappa shape index (κ3) is 12.7. The number of hydrogen-bond donors (Lipinski definition) is 7. The third-order valence-electron chi connectivity index (χ3n) is 13.7. The number of carbonyl (C=O) groups is 8. The molecule has 5 aromatic rings. The van der Waals surface area contributed by atoms with Crippen molar-refractivity contribution in [1.29, 1.82) is 0 Å². The number of imide groups is 1. The van der Waals surface area contributed by atoms with Crippen molar-refractivity contribution in [2.75, 3.05) is 81.5 Å². The van der Waals surface area contributed by atoms with Crippen LogP contribution in [0.1, 0.15) is 84.2 Å². The molecule has 0 radical (unpaired) electrons. The Labute approximate surface area is 428 Å². The maximum Gasteiger partial charge on any atom is 0.415 e. The van der Waals surface area contributed by atoms with Crippen LogP contribution in [0.25, 0.3) is 21.7 Å². The average Bonchev–Trinajstić information content (AvgIpc) is 4.09. The van der Waals surface area contributed by atoms with Gasteiger partial charge in [0, 0.05) is 123 Å². The summed E-state index contributed by atoms with van der Waals surface area (Å²) in [6, 6.07) is 21.8. The van der Waals surface area contributed by atoms with Crippen LogP contribution >= 0.6 is 0 Å². The maximum absolute atomic E-state index is 14.4. The van der Waals surface area contributed by atoms with Crippen LogP contribution in [0, 0.1) is 0 Å². The minimum absolute atomic E-state index is 0.0659. The normalized spacial score (nSPS) is 15.9. The number of primary amides is 1. The van der Waals surface area contributed by atoms with E-state index in [2.05, 4.69) is 43.4 Å². The fraction of sp³-hybridized carbons (Fsp3) is 0.370. The molecular weight excluding hydrogens is 947 g/mol. The van der Waals surface area contributed by atoms with Crippen molar-refractivity contribution >= 4 is 86.3 Å². The zero-order valence-corrected chi connectivity index (χ0v) is 41.7. The molecule has 0 bridgehead atoms. The third-order valence-corrected chi connectivity index (χ3v) is 13.7. The molecular formula is C54H63N11O9. The molecule has 8 rings (SSSR count). The van der Waals surface area contributed by atoms with Gasteiger partial charge in [0.2, 0.25) is 11.8 Å². The summed E-state index contributed by atoms with van der Waals surface area (Å²) in [4.78, 5) is 112. The van der Waals surface area contributed by atoms with Crippen molar-refractivity contribution in [3.8, 4) is 5.75 Å². The van der Waals surface area contributed by atoms with Gasteiger partial charge in [-0.25, -0.2) is 9.59 Å². The van der Waals surface area contributed by atoms with Crippen molar-refractivity contribution < 1.29 is 43.1 Å². The lowest BCUT2D eigenvalue weighted by molar-refractivity contribution is -0.137. The number of amides is 9. The number of aromatic nitrogens is 1. The van der Waals surface area contributed by atoms with Crippen LogP contribution < -0.4 is 42.0 Å². The summed E-state index contributed by atoms with van der Waals surface area (Å²) in [5, 5.41) is 16.8. The summed E-state index contributed by atoms with van der Waals surface area (Å²) in [5.41, 5.74) is 9.32. The molecule has 0 saturated carbocycles. The van der Waals surface area contributed by atoms with Crippen LogP contribution in [0.2, 0.25) is 0 Å². The van der Waals surface area contributed by atoms with Crippen molar-refractivity contribution in [1.82, 2.24) is 35.6 Å². The number of hydrogen-bond acceptors (Lipinski definition) is 11. The van der Waals surface area contributed by atoms with Gasteiger partial charge >= 0.3 is 12.1 Å². The van der Waals surface area contributed by atoms with Gasteiger partial charge in [-0.1, -0.05) is 37.6 Å². The maximum atomic E-state index is 14.4. The van der Waals surface area contributed by atoms with Crippen LogP contribution in [-0.2, 0) is 19.2 Å². The van der Waals surface area contributed by atoms with Gasteiger partial charge < -0.3 is 56.7 Å². The number of rotatable bonds is 21. The lowest BCUT2D eigenvalue weighted by atomic mass is 9.93. The number of nitrogens with one attached hydrogen (secondary N) is 6. The van der Waals surface area contributed by atoms with Crippen molar-refractivity contribution in [3.05, 3.63) is 108 Å². The molecule has 1 fully saturated rings. The Hall–Kier alpha value is -8.10. The number of nitrogens with zero attached hydrogens (tertiary/aromatic N) is 4.